The van der Waals surface area contributed by atoms with Gasteiger partial charge in [0.2, 0.25) is 0 Å². The number of nitrogens with zero attached hydrogens (tertiary/aromatic N) is 2. The molecule has 0 radical (unpaired) electrons. The van der Waals surface area contributed by atoms with Gasteiger partial charge in [0.1, 0.15) is 17.0 Å². The molecule has 0 unspecified atom stereocenters. The number of carbonyl (C=O) groups excluding carboxylic acids is 3. The Bertz CT molecular complexity index is 1210. The van der Waals surface area contributed by atoms with Gasteiger partial charge in [0.05, 0.1) is 24.4 Å². The summed E-state index contributed by atoms with van der Waals surface area (Å²) in [4.78, 5) is 41.3. The normalized spacial score (nSPS) is 14.9. The van der Waals surface area contributed by atoms with Crippen LogP contribution < -0.4 is 9.64 Å². The number of hydrogen-bond donors (Lipinski definition) is 0. The molecule has 1 aliphatic rings. The Morgan fingerprint density at radius 2 is 1.53 bits per heavy atom. The van der Waals surface area contributed by atoms with Gasteiger partial charge in [-0.3, -0.25) is 4.79 Å². The molecule has 1 aliphatic heterocycles. The topological polar surface area (TPSA) is 76.2 Å². The number of benzene rings is 3. The fourth-order valence-electron chi connectivity index (χ4n) is 3.81. The molecule has 0 N–H and O–H groups in total. The summed E-state index contributed by atoms with van der Waals surface area (Å²) in [5.74, 6) is 0.497. The van der Waals surface area contributed by atoms with Gasteiger partial charge in [-0.05, 0) is 63.2 Å². The predicted molar refractivity (Wildman–Crippen MR) is 128 cm³/mol. The summed E-state index contributed by atoms with van der Waals surface area (Å²) >= 11 is 0. The first-order valence-electron chi connectivity index (χ1n) is 11.1. The second-order valence-electron chi connectivity index (χ2n) is 8.36. The first-order chi connectivity index (χ1) is 16.3. The molecule has 0 atom stereocenters. The molecular weight excluding hydrogens is 432 g/mol. The molecule has 174 valence electrons. The van der Waals surface area contributed by atoms with Crippen molar-refractivity contribution in [3.63, 3.8) is 0 Å². The Hall–Kier alpha value is -4.13. The molecule has 4 rings (SSSR count). The number of esters is 1. The van der Waals surface area contributed by atoms with Crippen LogP contribution >= 0.6 is 0 Å². The van der Waals surface area contributed by atoms with Gasteiger partial charge in [-0.15, -0.1) is 0 Å². The van der Waals surface area contributed by atoms with Gasteiger partial charge in [-0.25, -0.2) is 14.5 Å². The number of carbonyl (C=O) groups is 3. The molecule has 0 bridgehead atoms. The van der Waals surface area contributed by atoms with Crippen LogP contribution in [0.4, 0.5) is 10.5 Å². The van der Waals surface area contributed by atoms with E-state index >= 15 is 0 Å². The minimum atomic E-state index is -1.07. The van der Waals surface area contributed by atoms with E-state index in [1.807, 2.05) is 54.6 Å². The molecule has 3 aromatic rings. The SMILES string of the molecule is CCOC(=O)c1ccc(N2C(=O)N(Cc3ccccc3Oc3ccccc3)C(C)(C)C2=O)cc1. The van der Waals surface area contributed by atoms with Crippen LogP contribution in [-0.4, -0.2) is 35.0 Å². The van der Waals surface area contributed by atoms with Crippen molar-refractivity contribution >= 4 is 23.6 Å². The molecule has 0 spiro atoms. The van der Waals surface area contributed by atoms with Crippen LogP contribution in [0.3, 0.4) is 0 Å². The maximum atomic E-state index is 13.4. The van der Waals surface area contributed by atoms with Crippen LogP contribution in [0.15, 0.2) is 78.9 Å². The maximum absolute atomic E-state index is 13.4. The van der Waals surface area contributed by atoms with E-state index in [1.54, 1.807) is 45.0 Å². The summed E-state index contributed by atoms with van der Waals surface area (Å²) in [6.45, 7) is 5.63. The van der Waals surface area contributed by atoms with Crippen LogP contribution in [0.25, 0.3) is 0 Å². The lowest BCUT2D eigenvalue weighted by atomic mass is 10.0. The summed E-state index contributed by atoms with van der Waals surface area (Å²) in [5.41, 5.74) is 0.455. The molecule has 0 aliphatic carbocycles. The zero-order valence-corrected chi connectivity index (χ0v) is 19.4. The lowest BCUT2D eigenvalue weighted by Gasteiger charge is -2.28. The zero-order valence-electron chi connectivity index (χ0n) is 19.4. The van der Waals surface area contributed by atoms with Crippen molar-refractivity contribution in [1.29, 1.82) is 0 Å². The summed E-state index contributed by atoms with van der Waals surface area (Å²) < 4.78 is 11.0. The standard InChI is InChI=1S/C27H26N2O5/c1-4-33-24(30)19-14-16-21(17-15-19)29-25(31)27(2,3)28(26(29)32)18-20-10-8-9-13-23(20)34-22-11-6-5-7-12-22/h5-17H,4,18H2,1-3H3. The van der Waals surface area contributed by atoms with Gasteiger partial charge in [0, 0.05) is 5.56 Å². The van der Waals surface area contributed by atoms with E-state index in [0.717, 1.165) is 10.5 Å². The van der Waals surface area contributed by atoms with Crippen molar-refractivity contribution < 1.29 is 23.9 Å². The van der Waals surface area contributed by atoms with Gasteiger partial charge in [-0.1, -0.05) is 36.4 Å². The highest BCUT2D eigenvalue weighted by Gasteiger charge is 2.51. The van der Waals surface area contributed by atoms with E-state index in [1.165, 1.54) is 4.90 Å². The largest absolute Gasteiger partial charge is 0.462 e. The van der Waals surface area contributed by atoms with E-state index in [0.29, 0.717) is 22.7 Å². The predicted octanol–water partition coefficient (Wildman–Crippen LogP) is 5.40. The fraction of sp³-hybridized carbons (Fsp3) is 0.222. The third-order valence-corrected chi connectivity index (χ3v) is 5.73. The van der Waals surface area contributed by atoms with Crippen molar-refractivity contribution in [1.82, 2.24) is 4.90 Å². The highest BCUT2D eigenvalue weighted by molar-refractivity contribution is 6.23. The Kier molecular flexibility index (Phi) is 6.36. The number of urea groups is 1. The van der Waals surface area contributed by atoms with Gasteiger partial charge in [-0.2, -0.15) is 0 Å². The van der Waals surface area contributed by atoms with Crippen LogP contribution in [-0.2, 0) is 16.1 Å². The minimum Gasteiger partial charge on any atom is -0.462 e. The number of hydrogen-bond acceptors (Lipinski definition) is 5. The molecular formula is C27H26N2O5. The highest BCUT2D eigenvalue weighted by Crippen LogP contribution is 2.35. The quantitative estimate of drug-likeness (QED) is 0.350. The van der Waals surface area contributed by atoms with Crippen LogP contribution in [0.1, 0.15) is 36.7 Å². The van der Waals surface area contributed by atoms with E-state index < -0.39 is 17.5 Å². The summed E-state index contributed by atoms with van der Waals surface area (Å²) in [5, 5.41) is 0. The molecule has 34 heavy (non-hydrogen) atoms. The monoisotopic (exact) mass is 458 g/mol. The van der Waals surface area contributed by atoms with E-state index in [2.05, 4.69) is 0 Å². The summed E-state index contributed by atoms with van der Waals surface area (Å²) in [6.07, 6.45) is 0. The molecule has 1 heterocycles. The number of anilines is 1. The molecule has 0 aromatic heterocycles. The van der Waals surface area contributed by atoms with Crippen molar-refractivity contribution in [2.24, 2.45) is 0 Å². The maximum Gasteiger partial charge on any atom is 0.338 e. The molecule has 1 saturated heterocycles. The molecule has 1 fully saturated rings. The van der Waals surface area contributed by atoms with Gasteiger partial charge >= 0.3 is 12.0 Å². The molecule has 3 aromatic carbocycles. The Morgan fingerprint density at radius 1 is 0.882 bits per heavy atom. The third-order valence-electron chi connectivity index (χ3n) is 5.73. The van der Waals surface area contributed by atoms with Gasteiger partial charge < -0.3 is 14.4 Å². The smallest absolute Gasteiger partial charge is 0.338 e. The average molecular weight is 459 g/mol. The second-order valence-corrected chi connectivity index (χ2v) is 8.36. The Morgan fingerprint density at radius 3 is 2.21 bits per heavy atom. The fourth-order valence-corrected chi connectivity index (χ4v) is 3.81. The van der Waals surface area contributed by atoms with Crippen LogP contribution in [0.2, 0.25) is 0 Å². The lowest BCUT2D eigenvalue weighted by molar-refractivity contribution is -0.123. The summed E-state index contributed by atoms with van der Waals surface area (Å²) in [6, 6.07) is 22.6. The minimum absolute atomic E-state index is 0.192. The third kappa shape index (κ3) is 4.37. The summed E-state index contributed by atoms with van der Waals surface area (Å²) in [7, 11) is 0. The Balaban J connectivity index is 1.59. The lowest BCUT2D eigenvalue weighted by Crippen LogP contribution is -2.43. The Labute approximate surface area is 198 Å². The molecule has 0 saturated carbocycles. The zero-order chi connectivity index (χ0) is 24.3. The average Bonchev–Trinajstić information content (AvgIpc) is 3.00. The first-order valence-corrected chi connectivity index (χ1v) is 11.1. The first kappa shape index (κ1) is 23.0. The number of imide groups is 1. The molecule has 7 nitrogen and oxygen atoms in total. The second kappa shape index (κ2) is 9.39. The molecule has 3 amide bonds. The highest BCUT2D eigenvalue weighted by atomic mass is 16.5. The van der Waals surface area contributed by atoms with Crippen molar-refractivity contribution in [2.75, 3.05) is 11.5 Å². The van der Waals surface area contributed by atoms with E-state index in [4.69, 9.17) is 9.47 Å². The van der Waals surface area contributed by atoms with Crippen molar-refractivity contribution in [2.45, 2.75) is 32.9 Å². The van der Waals surface area contributed by atoms with Crippen LogP contribution in [0, 0.1) is 0 Å². The van der Waals surface area contributed by atoms with E-state index in [9.17, 15) is 14.4 Å². The van der Waals surface area contributed by atoms with Gasteiger partial charge in [0.15, 0.2) is 0 Å². The van der Waals surface area contributed by atoms with Crippen molar-refractivity contribution in [3.8, 4) is 11.5 Å². The van der Waals surface area contributed by atoms with Crippen molar-refractivity contribution in [3.05, 3.63) is 90.0 Å². The van der Waals surface area contributed by atoms with E-state index in [-0.39, 0.29) is 19.1 Å². The number of amides is 3. The molecule has 7 heteroatoms. The number of ether oxygens (including phenoxy) is 2. The van der Waals surface area contributed by atoms with Crippen LogP contribution in [0.5, 0.6) is 11.5 Å². The number of rotatable bonds is 7. The van der Waals surface area contributed by atoms with Gasteiger partial charge in [0.25, 0.3) is 5.91 Å². The number of para-hydroxylation sites is 2.